The van der Waals surface area contributed by atoms with Crippen LogP contribution in [0.4, 0.5) is 5.69 Å². The summed E-state index contributed by atoms with van der Waals surface area (Å²) in [5.74, 6) is 0.506. The van der Waals surface area contributed by atoms with E-state index in [9.17, 15) is 9.59 Å². The second-order valence-electron chi connectivity index (χ2n) is 7.08. The first-order chi connectivity index (χ1) is 11.0. The summed E-state index contributed by atoms with van der Waals surface area (Å²) in [7, 11) is 0. The molecule has 2 amide bonds. The topological polar surface area (TPSA) is 98.2 Å². The quantitative estimate of drug-likeness (QED) is 0.780. The van der Waals surface area contributed by atoms with Gasteiger partial charge in [0, 0.05) is 23.2 Å². The molecule has 2 saturated carbocycles. The van der Waals surface area contributed by atoms with E-state index in [1.165, 1.54) is 6.42 Å². The van der Waals surface area contributed by atoms with Crippen molar-refractivity contribution in [3.8, 4) is 0 Å². The number of hydrogen-bond donors (Lipinski definition) is 3. The van der Waals surface area contributed by atoms with Crippen molar-refractivity contribution in [2.24, 2.45) is 29.2 Å². The molecule has 2 bridgehead atoms. The summed E-state index contributed by atoms with van der Waals surface area (Å²) < 4.78 is 0. The lowest BCUT2D eigenvalue weighted by molar-refractivity contribution is -0.122. The number of hydrogen-bond acceptors (Lipinski definition) is 3. The fourth-order valence-corrected chi connectivity index (χ4v) is 4.15. The smallest absolute Gasteiger partial charge is 0.248 e. The molecule has 0 radical (unpaired) electrons. The molecule has 2 aliphatic carbocycles. The highest BCUT2D eigenvalue weighted by molar-refractivity contribution is 5.97. The second-order valence-corrected chi connectivity index (χ2v) is 7.08. The lowest BCUT2D eigenvalue weighted by Gasteiger charge is -2.43. The number of fused-ring (bicyclic) bond motifs is 2. The Bertz CT molecular complexity index is 621. The van der Waals surface area contributed by atoms with E-state index in [1.54, 1.807) is 18.2 Å². The molecule has 2 fully saturated rings. The molecule has 0 heterocycles. The minimum Gasteiger partial charge on any atom is -0.366 e. The molecule has 2 unspecified atom stereocenters. The van der Waals surface area contributed by atoms with E-state index in [0.29, 0.717) is 23.1 Å². The van der Waals surface area contributed by atoms with E-state index in [-0.39, 0.29) is 30.3 Å². The van der Waals surface area contributed by atoms with Gasteiger partial charge >= 0.3 is 0 Å². The normalized spacial score (nSPS) is 28.6. The first-order valence-corrected chi connectivity index (χ1v) is 8.42. The average Bonchev–Trinajstić information content (AvgIpc) is 2.48. The number of amides is 2. The number of aryl methyl sites for hydroxylation is 1. The third-order valence-electron chi connectivity index (χ3n) is 5.56. The molecule has 0 aliphatic heterocycles. The van der Waals surface area contributed by atoms with Crippen molar-refractivity contribution in [3.05, 3.63) is 29.3 Å². The highest BCUT2D eigenvalue weighted by atomic mass is 35.5. The Morgan fingerprint density at radius 2 is 1.79 bits per heavy atom. The number of halogens is 1. The van der Waals surface area contributed by atoms with Crippen LogP contribution in [0.5, 0.6) is 0 Å². The molecule has 3 rings (SSSR count). The summed E-state index contributed by atoms with van der Waals surface area (Å²) in [6.07, 6.45) is 5.25. The van der Waals surface area contributed by atoms with Crippen LogP contribution in [0.25, 0.3) is 0 Å². The van der Waals surface area contributed by atoms with Crippen molar-refractivity contribution >= 4 is 29.9 Å². The molecule has 6 heteroatoms. The number of benzene rings is 1. The minimum absolute atomic E-state index is 0. The lowest BCUT2D eigenvalue weighted by atomic mass is 9.65. The van der Waals surface area contributed by atoms with Crippen LogP contribution in [0.1, 0.15) is 48.0 Å². The molecule has 0 aromatic heterocycles. The summed E-state index contributed by atoms with van der Waals surface area (Å²) >= 11 is 0. The van der Waals surface area contributed by atoms with Gasteiger partial charge in [0.2, 0.25) is 11.8 Å². The van der Waals surface area contributed by atoms with Gasteiger partial charge in [-0.2, -0.15) is 0 Å². The van der Waals surface area contributed by atoms with E-state index in [4.69, 9.17) is 11.5 Å². The monoisotopic (exact) mass is 351 g/mol. The number of nitrogens with one attached hydrogen (secondary N) is 1. The molecule has 0 saturated heterocycles. The van der Waals surface area contributed by atoms with E-state index in [2.05, 4.69) is 5.32 Å². The highest BCUT2D eigenvalue weighted by Crippen LogP contribution is 2.42. The Kier molecular flexibility index (Phi) is 5.88. The zero-order valence-electron chi connectivity index (χ0n) is 14.0. The maximum absolute atomic E-state index is 12.7. The number of nitrogens with two attached hydrogens (primary N) is 2. The van der Waals surface area contributed by atoms with Crippen LogP contribution < -0.4 is 16.8 Å². The van der Waals surface area contributed by atoms with Crippen LogP contribution in [-0.4, -0.2) is 17.9 Å². The van der Waals surface area contributed by atoms with E-state index < -0.39 is 5.91 Å². The van der Waals surface area contributed by atoms with Crippen LogP contribution in [0.3, 0.4) is 0 Å². The van der Waals surface area contributed by atoms with Gasteiger partial charge in [0.15, 0.2) is 0 Å². The van der Waals surface area contributed by atoms with Crippen LogP contribution in [0.15, 0.2) is 18.2 Å². The number of rotatable bonds is 3. The Hall–Kier alpha value is -1.59. The van der Waals surface area contributed by atoms with Crippen LogP contribution >= 0.6 is 12.4 Å². The van der Waals surface area contributed by atoms with E-state index in [1.807, 2.05) is 6.92 Å². The SMILES string of the molecule is Cc1ccc(C(N)=O)cc1NC(=O)C1CC2CCCC(C1)C2N.Cl. The number of primary amides is 1. The summed E-state index contributed by atoms with van der Waals surface area (Å²) in [5, 5.41) is 2.99. The molecular formula is C18H26ClN3O2. The molecule has 1 aromatic carbocycles. The van der Waals surface area contributed by atoms with E-state index in [0.717, 1.165) is 31.2 Å². The van der Waals surface area contributed by atoms with Crippen LogP contribution in [0.2, 0.25) is 0 Å². The predicted octanol–water partition coefficient (Wildman–Crippen LogP) is 2.61. The maximum atomic E-state index is 12.7. The molecular weight excluding hydrogens is 326 g/mol. The fourth-order valence-electron chi connectivity index (χ4n) is 4.15. The molecule has 5 N–H and O–H groups in total. The van der Waals surface area contributed by atoms with Gasteiger partial charge in [-0.25, -0.2) is 0 Å². The first-order valence-electron chi connectivity index (χ1n) is 8.42. The summed E-state index contributed by atoms with van der Waals surface area (Å²) in [5.41, 5.74) is 13.6. The van der Waals surface area contributed by atoms with Gasteiger partial charge in [-0.1, -0.05) is 12.5 Å². The fraction of sp³-hybridized carbons (Fsp3) is 0.556. The van der Waals surface area contributed by atoms with Crippen LogP contribution in [0, 0.1) is 24.7 Å². The van der Waals surface area contributed by atoms with Crippen molar-refractivity contribution in [2.75, 3.05) is 5.32 Å². The average molecular weight is 352 g/mol. The van der Waals surface area contributed by atoms with Crippen molar-refractivity contribution in [2.45, 2.75) is 45.1 Å². The lowest BCUT2D eigenvalue weighted by Crippen LogP contribution is -2.48. The summed E-state index contributed by atoms with van der Waals surface area (Å²) in [6.45, 7) is 1.91. The first kappa shape index (κ1) is 18.7. The zero-order chi connectivity index (χ0) is 16.6. The van der Waals surface area contributed by atoms with Gasteiger partial charge in [-0.15, -0.1) is 12.4 Å². The third kappa shape index (κ3) is 3.73. The van der Waals surface area contributed by atoms with Gasteiger partial charge in [0.1, 0.15) is 0 Å². The van der Waals surface area contributed by atoms with E-state index >= 15 is 0 Å². The summed E-state index contributed by atoms with van der Waals surface area (Å²) in [4.78, 5) is 24.0. The molecule has 2 aliphatic rings. The largest absolute Gasteiger partial charge is 0.366 e. The van der Waals surface area contributed by atoms with Crippen LogP contribution in [-0.2, 0) is 4.79 Å². The van der Waals surface area contributed by atoms with Gasteiger partial charge in [0.05, 0.1) is 0 Å². The summed E-state index contributed by atoms with van der Waals surface area (Å²) in [6, 6.07) is 5.40. The van der Waals surface area contributed by atoms with Crippen molar-refractivity contribution in [1.29, 1.82) is 0 Å². The third-order valence-corrected chi connectivity index (χ3v) is 5.56. The number of carbonyl (C=O) groups excluding carboxylic acids is 2. The van der Waals surface area contributed by atoms with Gasteiger partial charge < -0.3 is 16.8 Å². The minimum atomic E-state index is -0.487. The van der Waals surface area contributed by atoms with Crippen molar-refractivity contribution in [1.82, 2.24) is 0 Å². The molecule has 0 spiro atoms. The molecule has 2 atom stereocenters. The number of carbonyl (C=O) groups is 2. The number of anilines is 1. The zero-order valence-corrected chi connectivity index (χ0v) is 14.8. The Balaban J connectivity index is 0.00000208. The van der Waals surface area contributed by atoms with Crippen molar-refractivity contribution in [3.63, 3.8) is 0 Å². The Morgan fingerprint density at radius 1 is 1.17 bits per heavy atom. The molecule has 24 heavy (non-hydrogen) atoms. The van der Waals surface area contributed by atoms with Gasteiger partial charge in [-0.3, -0.25) is 9.59 Å². The molecule has 1 aromatic rings. The Labute approximate surface area is 149 Å². The highest BCUT2D eigenvalue weighted by Gasteiger charge is 2.40. The van der Waals surface area contributed by atoms with Gasteiger partial charge in [0.25, 0.3) is 0 Å². The molecule has 132 valence electrons. The Morgan fingerprint density at radius 3 is 2.38 bits per heavy atom. The van der Waals surface area contributed by atoms with Gasteiger partial charge in [-0.05, 0) is 62.1 Å². The molecule has 5 nitrogen and oxygen atoms in total. The predicted molar refractivity (Wildman–Crippen MR) is 97.1 cm³/mol. The second kappa shape index (κ2) is 7.53. The standard InChI is InChI=1S/C18H25N3O2.ClH/c1-10-5-6-13(17(20)22)9-15(10)21-18(23)14-7-11-3-2-4-12(8-14)16(11)19;/h5-6,9,11-12,14,16H,2-4,7-8,19H2,1H3,(H2,20,22)(H,21,23);1H. The van der Waals surface area contributed by atoms with Crippen molar-refractivity contribution < 1.29 is 9.59 Å². The maximum Gasteiger partial charge on any atom is 0.248 e.